The van der Waals surface area contributed by atoms with E-state index in [1.54, 1.807) is 6.92 Å². The van der Waals surface area contributed by atoms with Gasteiger partial charge in [0.15, 0.2) is 12.6 Å². The number of carbonyl (C=O) groups is 4. The summed E-state index contributed by atoms with van der Waals surface area (Å²) in [5.41, 5.74) is 5.33. The van der Waals surface area contributed by atoms with E-state index in [9.17, 15) is 19.2 Å². The number of nitrogens with one attached hydrogen (secondary N) is 1. The molecule has 1 aliphatic rings. The fourth-order valence-electron chi connectivity index (χ4n) is 2.59. The summed E-state index contributed by atoms with van der Waals surface area (Å²) in [5.74, 6) is -1.39. The first-order valence-electron chi connectivity index (χ1n) is 12.7. The van der Waals surface area contributed by atoms with Crippen molar-refractivity contribution in [2.24, 2.45) is 5.73 Å². The average molecular weight is 522 g/mol. The summed E-state index contributed by atoms with van der Waals surface area (Å²) in [7, 11) is 0. The molecule has 1 aliphatic heterocycles. The van der Waals surface area contributed by atoms with Crippen LogP contribution >= 0.6 is 0 Å². The lowest BCUT2D eigenvalue weighted by molar-refractivity contribution is -0.197. The summed E-state index contributed by atoms with van der Waals surface area (Å²) in [4.78, 5) is 47.8. The molecule has 0 aromatic heterocycles. The largest absolute Gasteiger partial charge is 0.356 e. The molecule has 3 amide bonds. The maximum atomic E-state index is 10.9. The first-order chi connectivity index (χ1) is 17.2. The van der Waals surface area contributed by atoms with Gasteiger partial charge in [-0.25, -0.2) is 4.79 Å². The van der Waals surface area contributed by atoms with Crippen LogP contribution in [0.25, 0.3) is 0 Å². The number of rotatable bonds is 16. The maximum absolute atomic E-state index is 10.9. The van der Waals surface area contributed by atoms with Crippen molar-refractivity contribution in [2.45, 2.75) is 92.6 Å². The Hall–Kier alpha value is -2.12. The molecule has 36 heavy (non-hydrogen) atoms. The molecule has 0 aromatic carbocycles. The van der Waals surface area contributed by atoms with Gasteiger partial charge in [0.05, 0.1) is 0 Å². The Morgan fingerprint density at radius 2 is 1.25 bits per heavy atom. The highest BCUT2D eigenvalue weighted by Crippen LogP contribution is 2.12. The Bertz CT molecular complexity index is 569. The third kappa shape index (κ3) is 19.1. The predicted molar refractivity (Wildman–Crippen MR) is 133 cm³/mol. The van der Waals surface area contributed by atoms with Crippen molar-refractivity contribution in [1.29, 1.82) is 0 Å². The third-order valence-electron chi connectivity index (χ3n) is 4.32. The Labute approximate surface area is 215 Å². The molecule has 1 heterocycles. The van der Waals surface area contributed by atoms with E-state index in [0.29, 0.717) is 57.4 Å². The molecule has 0 spiro atoms. The molecular weight excluding hydrogens is 474 g/mol. The molecule has 0 radical (unpaired) electrons. The Balaban J connectivity index is 0. The van der Waals surface area contributed by atoms with Gasteiger partial charge in [-0.15, -0.1) is 5.06 Å². The Kier molecular flexibility index (Phi) is 24.6. The highest BCUT2D eigenvalue weighted by molar-refractivity contribution is 6.01. The SMILES string of the molecule is CCC(=O)ON1C(=O)CCC1=O.CCOC(CCN)OCC.CCOC(CCNC(=O)CC)OCC. The van der Waals surface area contributed by atoms with Crippen LogP contribution in [-0.2, 0) is 43.0 Å². The lowest BCUT2D eigenvalue weighted by atomic mass is 10.4. The number of carbonyl (C=O) groups excluding carboxylic acids is 4. The molecule has 0 unspecified atom stereocenters. The summed E-state index contributed by atoms with van der Waals surface area (Å²) in [6, 6.07) is 0. The molecule has 0 aromatic rings. The van der Waals surface area contributed by atoms with E-state index in [1.807, 2.05) is 34.6 Å². The predicted octanol–water partition coefficient (Wildman–Crippen LogP) is 2.04. The van der Waals surface area contributed by atoms with E-state index >= 15 is 0 Å². The van der Waals surface area contributed by atoms with E-state index in [-0.39, 0.29) is 37.7 Å². The lowest BCUT2D eigenvalue weighted by Gasteiger charge is -2.16. The highest BCUT2D eigenvalue weighted by atomic mass is 16.7. The number of hydrogen-bond donors (Lipinski definition) is 2. The van der Waals surface area contributed by atoms with Gasteiger partial charge in [0.25, 0.3) is 11.8 Å². The van der Waals surface area contributed by atoms with Gasteiger partial charge < -0.3 is 34.8 Å². The van der Waals surface area contributed by atoms with Crippen LogP contribution in [0, 0.1) is 0 Å². The summed E-state index contributed by atoms with van der Waals surface area (Å²) in [6.45, 7) is 15.0. The molecule has 1 rings (SSSR count). The van der Waals surface area contributed by atoms with Crippen molar-refractivity contribution in [2.75, 3.05) is 39.5 Å². The zero-order valence-corrected chi connectivity index (χ0v) is 22.8. The molecule has 1 fully saturated rings. The molecule has 0 bridgehead atoms. The average Bonchev–Trinajstić information content (AvgIpc) is 3.17. The number of hydroxylamine groups is 2. The van der Waals surface area contributed by atoms with Crippen molar-refractivity contribution >= 4 is 23.7 Å². The second kappa shape index (κ2) is 24.6. The number of hydrogen-bond acceptors (Lipinski definition) is 10. The number of imide groups is 1. The first-order valence-corrected chi connectivity index (χ1v) is 12.7. The molecular formula is C24H47N3O9. The van der Waals surface area contributed by atoms with Crippen LogP contribution in [-0.4, -0.2) is 80.9 Å². The number of nitrogens with two attached hydrogens (primary N) is 1. The van der Waals surface area contributed by atoms with Gasteiger partial charge >= 0.3 is 5.97 Å². The highest BCUT2D eigenvalue weighted by Gasteiger charge is 2.32. The molecule has 0 atom stereocenters. The van der Waals surface area contributed by atoms with Gasteiger partial charge in [-0.1, -0.05) is 13.8 Å². The molecule has 1 saturated heterocycles. The van der Waals surface area contributed by atoms with E-state index in [4.69, 9.17) is 24.7 Å². The number of amides is 3. The summed E-state index contributed by atoms with van der Waals surface area (Å²) < 4.78 is 21.1. The summed E-state index contributed by atoms with van der Waals surface area (Å²) >= 11 is 0. The second-order valence-electron chi connectivity index (χ2n) is 7.15. The van der Waals surface area contributed by atoms with Crippen LogP contribution in [0.3, 0.4) is 0 Å². The number of ether oxygens (including phenoxy) is 4. The minimum absolute atomic E-state index is 0.0664. The van der Waals surface area contributed by atoms with E-state index in [2.05, 4.69) is 10.2 Å². The van der Waals surface area contributed by atoms with Gasteiger partial charge in [0.2, 0.25) is 5.91 Å². The number of nitrogens with zero attached hydrogens (tertiary/aromatic N) is 1. The summed E-state index contributed by atoms with van der Waals surface area (Å²) in [6.07, 6.45) is 2.13. The third-order valence-corrected chi connectivity index (χ3v) is 4.32. The standard InChI is InChI=1S/C10H21NO3.C7H9NO4.C7H17NO2/c1-4-9(12)11-8-7-10(13-5-2)14-6-3;1-2-7(11)12-8-5(9)3-4-6(8)10;1-3-9-7(5-6-8)10-4-2/h10H,4-8H2,1-3H3,(H,11,12);2-4H2,1H3;7H,3-6,8H2,1-2H3. The fourth-order valence-corrected chi connectivity index (χ4v) is 2.59. The van der Waals surface area contributed by atoms with Gasteiger partial charge in [0.1, 0.15) is 0 Å². The monoisotopic (exact) mass is 521 g/mol. The molecule has 3 N–H and O–H groups in total. The zero-order valence-electron chi connectivity index (χ0n) is 22.8. The smallest absolute Gasteiger partial charge is 0.332 e. The molecule has 12 nitrogen and oxygen atoms in total. The van der Waals surface area contributed by atoms with Crippen molar-refractivity contribution in [3.63, 3.8) is 0 Å². The van der Waals surface area contributed by atoms with E-state index in [1.165, 1.54) is 0 Å². The van der Waals surface area contributed by atoms with E-state index < -0.39 is 17.8 Å². The topological polar surface area (TPSA) is 156 Å². The van der Waals surface area contributed by atoms with Crippen molar-refractivity contribution < 1.29 is 43.0 Å². The normalized spacial score (nSPS) is 12.8. The molecule has 12 heteroatoms. The maximum Gasteiger partial charge on any atom is 0.332 e. The van der Waals surface area contributed by atoms with Crippen LogP contribution in [0.1, 0.15) is 80.1 Å². The lowest BCUT2D eigenvalue weighted by Crippen LogP contribution is -2.31. The molecule has 0 saturated carbocycles. The van der Waals surface area contributed by atoms with E-state index in [0.717, 1.165) is 6.42 Å². The van der Waals surface area contributed by atoms with Gasteiger partial charge in [0, 0.05) is 71.5 Å². The fraction of sp³-hybridized carbons (Fsp3) is 0.833. The summed E-state index contributed by atoms with van der Waals surface area (Å²) in [5, 5.41) is 3.33. The Morgan fingerprint density at radius 1 is 0.806 bits per heavy atom. The zero-order chi connectivity index (χ0) is 27.8. The van der Waals surface area contributed by atoms with Crippen LogP contribution in [0.4, 0.5) is 0 Å². The van der Waals surface area contributed by atoms with Crippen molar-refractivity contribution in [3.05, 3.63) is 0 Å². The van der Waals surface area contributed by atoms with Crippen LogP contribution in [0.2, 0.25) is 0 Å². The van der Waals surface area contributed by atoms with Crippen molar-refractivity contribution in [3.8, 4) is 0 Å². The van der Waals surface area contributed by atoms with Gasteiger partial charge in [-0.2, -0.15) is 0 Å². The van der Waals surface area contributed by atoms with Crippen molar-refractivity contribution in [1.82, 2.24) is 10.4 Å². The minimum atomic E-state index is -0.571. The van der Waals surface area contributed by atoms with Crippen LogP contribution in [0.15, 0.2) is 0 Å². The molecule has 0 aliphatic carbocycles. The quantitative estimate of drug-likeness (QED) is 0.228. The van der Waals surface area contributed by atoms with Gasteiger partial charge in [-0.3, -0.25) is 14.4 Å². The van der Waals surface area contributed by atoms with Gasteiger partial charge in [-0.05, 0) is 34.2 Å². The second-order valence-corrected chi connectivity index (χ2v) is 7.15. The van der Waals surface area contributed by atoms with Crippen LogP contribution in [0.5, 0.6) is 0 Å². The first kappa shape index (κ1) is 36.0. The Morgan fingerprint density at radius 3 is 1.61 bits per heavy atom. The minimum Gasteiger partial charge on any atom is -0.356 e. The van der Waals surface area contributed by atoms with Crippen LogP contribution < -0.4 is 11.1 Å². The molecule has 212 valence electrons.